The first-order valence-electron chi connectivity index (χ1n) is 4.60. The second-order valence-corrected chi connectivity index (χ2v) is 2.92. The highest BCUT2D eigenvalue weighted by molar-refractivity contribution is 5.35. The fourth-order valence-corrected chi connectivity index (χ4v) is 1.07. The van der Waals surface area contributed by atoms with Crippen LogP contribution in [0.2, 0.25) is 0 Å². The van der Waals surface area contributed by atoms with Crippen molar-refractivity contribution in [2.45, 2.75) is 20.4 Å². The minimum atomic E-state index is 0.588. The van der Waals surface area contributed by atoms with Crippen molar-refractivity contribution in [3.63, 3.8) is 0 Å². The molecule has 1 aromatic rings. The van der Waals surface area contributed by atoms with Crippen LogP contribution in [0.5, 0.6) is 5.75 Å². The third-order valence-electron chi connectivity index (χ3n) is 1.69. The summed E-state index contributed by atoms with van der Waals surface area (Å²) in [6, 6.07) is 5.96. The molecular weight excluding hydrogens is 174 g/mol. The van der Waals surface area contributed by atoms with E-state index in [1.54, 1.807) is 13.2 Å². The van der Waals surface area contributed by atoms with Gasteiger partial charge in [-0.3, -0.25) is 0 Å². The number of hydrogen-bond donors (Lipinski definition) is 1. The zero-order valence-electron chi connectivity index (χ0n) is 9.21. The second-order valence-electron chi connectivity index (χ2n) is 2.92. The van der Waals surface area contributed by atoms with Gasteiger partial charge in [-0.1, -0.05) is 18.2 Å². The van der Waals surface area contributed by atoms with Crippen LogP contribution < -0.4 is 10.5 Å². The predicted molar refractivity (Wildman–Crippen MR) is 61.5 cm³/mol. The average Bonchev–Trinajstić information content (AvgIpc) is 2.19. The topological polar surface area (TPSA) is 35.2 Å². The number of aryl methyl sites for hydroxylation is 1. The van der Waals surface area contributed by atoms with Gasteiger partial charge in [-0.25, -0.2) is 0 Å². The summed E-state index contributed by atoms with van der Waals surface area (Å²) < 4.78 is 5.10. The van der Waals surface area contributed by atoms with Gasteiger partial charge in [0.05, 0.1) is 7.11 Å². The largest absolute Gasteiger partial charge is 0.496 e. The lowest BCUT2D eigenvalue weighted by molar-refractivity contribution is 0.411. The summed E-state index contributed by atoms with van der Waals surface area (Å²) >= 11 is 0. The zero-order valence-corrected chi connectivity index (χ0v) is 9.21. The van der Waals surface area contributed by atoms with Crippen LogP contribution in [0, 0.1) is 6.92 Å². The van der Waals surface area contributed by atoms with Gasteiger partial charge in [0.15, 0.2) is 0 Å². The molecule has 0 unspecified atom stereocenters. The molecule has 0 atom stereocenters. The van der Waals surface area contributed by atoms with Gasteiger partial charge in [-0.15, -0.1) is 6.58 Å². The van der Waals surface area contributed by atoms with Gasteiger partial charge in [0.25, 0.3) is 0 Å². The summed E-state index contributed by atoms with van der Waals surface area (Å²) in [5.41, 5.74) is 7.75. The van der Waals surface area contributed by atoms with E-state index in [4.69, 9.17) is 10.5 Å². The number of benzene rings is 1. The summed E-state index contributed by atoms with van der Waals surface area (Å²) in [5, 5.41) is 0. The minimum absolute atomic E-state index is 0.588. The van der Waals surface area contributed by atoms with Crippen molar-refractivity contribution in [3.8, 4) is 5.75 Å². The first-order chi connectivity index (χ1) is 6.69. The Morgan fingerprint density at radius 1 is 1.50 bits per heavy atom. The lowest BCUT2D eigenvalue weighted by Crippen LogP contribution is -1.97. The summed E-state index contributed by atoms with van der Waals surface area (Å²) in [4.78, 5) is 0. The Bertz CT molecular complexity index is 282. The normalized spacial score (nSPS) is 8.57. The Labute approximate surface area is 86.4 Å². The van der Waals surface area contributed by atoms with Crippen molar-refractivity contribution in [2.75, 3.05) is 7.11 Å². The second kappa shape index (κ2) is 7.15. The van der Waals surface area contributed by atoms with E-state index in [9.17, 15) is 0 Å². The lowest BCUT2D eigenvalue weighted by atomic mass is 10.1. The molecule has 0 saturated heterocycles. The van der Waals surface area contributed by atoms with Crippen molar-refractivity contribution in [3.05, 3.63) is 42.0 Å². The number of nitrogens with two attached hydrogens (primary N) is 1. The number of hydrogen-bond acceptors (Lipinski definition) is 2. The standard InChI is InChI=1S/C9H13NO.C3H6/c1-7-5-8(6-10)3-4-9(7)11-2;1-3-2/h3-5H,6,10H2,1-2H3;3H,1H2,2H3. The van der Waals surface area contributed by atoms with Crippen LogP contribution >= 0.6 is 0 Å². The molecule has 14 heavy (non-hydrogen) atoms. The van der Waals surface area contributed by atoms with Gasteiger partial charge in [-0.05, 0) is 31.0 Å². The quantitative estimate of drug-likeness (QED) is 0.733. The Kier molecular flexibility index (Phi) is 6.50. The molecule has 2 nitrogen and oxygen atoms in total. The van der Waals surface area contributed by atoms with Crippen LogP contribution in [-0.4, -0.2) is 7.11 Å². The molecule has 2 heteroatoms. The van der Waals surface area contributed by atoms with E-state index >= 15 is 0 Å². The Hall–Kier alpha value is -1.28. The van der Waals surface area contributed by atoms with Crippen molar-refractivity contribution in [1.29, 1.82) is 0 Å². The molecule has 0 spiro atoms. The smallest absolute Gasteiger partial charge is 0.121 e. The Morgan fingerprint density at radius 2 is 2.07 bits per heavy atom. The third-order valence-corrected chi connectivity index (χ3v) is 1.69. The van der Waals surface area contributed by atoms with E-state index in [1.165, 1.54) is 0 Å². The third kappa shape index (κ3) is 4.10. The fourth-order valence-electron chi connectivity index (χ4n) is 1.07. The van der Waals surface area contributed by atoms with Gasteiger partial charge in [0, 0.05) is 6.54 Å². The maximum atomic E-state index is 5.47. The molecule has 0 aliphatic rings. The van der Waals surface area contributed by atoms with Crippen molar-refractivity contribution < 1.29 is 4.74 Å². The maximum Gasteiger partial charge on any atom is 0.121 e. The first kappa shape index (κ1) is 12.7. The van der Waals surface area contributed by atoms with Crippen LogP contribution in [-0.2, 0) is 6.54 Å². The number of ether oxygens (including phenoxy) is 1. The molecule has 0 bridgehead atoms. The Morgan fingerprint density at radius 3 is 2.43 bits per heavy atom. The van der Waals surface area contributed by atoms with Gasteiger partial charge in [0.2, 0.25) is 0 Å². The molecule has 0 radical (unpaired) electrons. The molecule has 78 valence electrons. The highest BCUT2D eigenvalue weighted by Gasteiger charge is 1.96. The lowest BCUT2D eigenvalue weighted by Gasteiger charge is -2.05. The van der Waals surface area contributed by atoms with E-state index < -0.39 is 0 Å². The molecule has 1 rings (SSSR count). The molecule has 0 aliphatic carbocycles. The van der Waals surface area contributed by atoms with E-state index in [-0.39, 0.29) is 0 Å². The van der Waals surface area contributed by atoms with Crippen LogP contribution in [0.25, 0.3) is 0 Å². The summed E-state index contributed by atoms with van der Waals surface area (Å²) in [5.74, 6) is 0.919. The molecular formula is C12H19NO. The van der Waals surface area contributed by atoms with Gasteiger partial charge >= 0.3 is 0 Å². The van der Waals surface area contributed by atoms with Gasteiger partial charge in [0.1, 0.15) is 5.75 Å². The van der Waals surface area contributed by atoms with Gasteiger partial charge in [-0.2, -0.15) is 0 Å². The number of rotatable bonds is 2. The van der Waals surface area contributed by atoms with E-state index in [0.29, 0.717) is 6.54 Å². The van der Waals surface area contributed by atoms with Crippen molar-refractivity contribution in [1.82, 2.24) is 0 Å². The number of allylic oxidation sites excluding steroid dienone is 1. The first-order valence-corrected chi connectivity index (χ1v) is 4.60. The van der Waals surface area contributed by atoms with Crippen LogP contribution in [0.4, 0.5) is 0 Å². The SMILES string of the molecule is C=CC.COc1ccc(CN)cc1C. The summed E-state index contributed by atoms with van der Waals surface area (Å²) in [7, 11) is 1.67. The molecule has 0 aromatic heterocycles. The van der Waals surface area contributed by atoms with Crippen LogP contribution in [0.1, 0.15) is 18.1 Å². The number of methoxy groups -OCH3 is 1. The maximum absolute atomic E-state index is 5.47. The van der Waals surface area contributed by atoms with E-state index in [1.807, 2.05) is 32.0 Å². The minimum Gasteiger partial charge on any atom is -0.496 e. The molecule has 0 heterocycles. The molecule has 0 saturated carbocycles. The average molecular weight is 193 g/mol. The Balaban J connectivity index is 0.000000500. The fraction of sp³-hybridized carbons (Fsp3) is 0.333. The highest BCUT2D eigenvalue weighted by atomic mass is 16.5. The molecule has 0 amide bonds. The molecule has 0 aliphatic heterocycles. The van der Waals surface area contributed by atoms with Gasteiger partial charge < -0.3 is 10.5 Å². The van der Waals surface area contributed by atoms with Crippen molar-refractivity contribution >= 4 is 0 Å². The van der Waals surface area contributed by atoms with Crippen LogP contribution in [0.15, 0.2) is 30.9 Å². The summed E-state index contributed by atoms with van der Waals surface area (Å²) in [6.07, 6.45) is 1.75. The zero-order chi connectivity index (χ0) is 11.0. The molecule has 1 aromatic carbocycles. The highest BCUT2D eigenvalue weighted by Crippen LogP contribution is 2.17. The van der Waals surface area contributed by atoms with E-state index in [2.05, 4.69) is 6.58 Å². The predicted octanol–water partition coefficient (Wildman–Crippen LogP) is 2.65. The monoisotopic (exact) mass is 193 g/mol. The molecule has 0 fully saturated rings. The summed E-state index contributed by atoms with van der Waals surface area (Å²) in [6.45, 7) is 7.85. The van der Waals surface area contributed by atoms with Crippen molar-refractivity contribution in [2.24, 2.45) is 5.73 Å². The molecule has 2 N–H and O–H groups in total. The van der Waals surface area contributed by atoms with E-state index in [0.717, 1.165) is 16.9 Å². The van der Waals surface area contributed by atoms with Crippen LogP contribution in [0.3, 0.4) is 0 Å².